The summed E-state index contributed by atoms with van der Waals surface area (Å²) in [7, 11) is 0. The second-order valence-electron chi connectivity index (χ2n) is 3.07. The van der Waals surface area contributed by atoms with Crippen molar-refractivity contribution in [2.45, 2.75) is 0 Å². The third-order valence-electron chi connectivity index (χ3n) is 1.79. The maximum Gasteiger partial charge on any atom is 0.337 e. The Morgan fingerprint density at radius 1 is 1.00 bits per heavy atom. The maximum atomic E-state index is 13.1. The van der Waals surface area contributed by atoms with E-state index in [9.17, 15) is 26.7 Å². The van der Waals surface area contributed by atoms with Crippen molar-refractivity contribution < 1.29 is 36.2 Å². The molecule has 0 spiro atoms. The standard InChI is InChI=1S/C11H5F5O3/c1-2-3-18-4-5(17)19-11-9(15)7(13)6(12)8(14)10(11)16/h1H,3-4H2. The molecule has 1 aromatic carbocycles. The molecule has 8 heteroatoms. The van der Waals surface area contributed by atoms with E-state index in [4.69, 9.17) is 6.42 Å². The first-order valence-corrected chi connectivity index (χ1v) is 4.63. The number of ether oxygens (including phenoxy) is 2. The minimum Gasteiger partial charge on any atom is -0.418 e. The van der Waals surface area contributed by atoms with Crippen LogP contribution in [0.4, 0.5) is 22.0 Å². The minimum absolute atomic E-state index is 0.286. The molecule has 0 atom stereocenters. The lowest BCUT2D eigenvalue weighted by Gasteiger charge is -2.08. The normalized spacial score (nSPS) is 10.1. The van der Waals surface area contributed by atoms with Gasteiger partial charge in [0.25, 0.3) is 0 Å². The van der Waals surface area contributed by atoms with Crippen molar-refractivity contribution in [2.24, 2.45) is 0 Å². The number of carbonyl (C=O) groups is 1. The van der Waals surface area contributed by atoms with E-state index in [1.54, 1.807) is 0 Å². The molecule has 1 rings (SSSR count). The van der Waals surface area contributed by atoms with Gasteiger partial charge in [-0.15, -0.1) is 6.42 Å². The highest BCUT2D eigenvalue weighted by Gasteiger charge is 2.28. The molecule has 0 aliphatic rings. The quantitative estimate of drug-likeness (QED) is 0.161. The van der Waals surface area contributed by atoms with E-state index in [1.165, 1.54) is 0 Å². The van der Waals surface area contributed by atoms with Gasteiger partial charge in [0.05, 0.1) is 0 Å². The molecular weight excluding hydrogens is 275 g/mol. The van der Waals surface area contributed by atoms with E-state index >= 15 is 0 Å². The topological polar surface area (TPSA) is 35.5 Å². The Hall–Kier alpha value is -2.14. The van der Waals surface area contributed by atoms with Crippen LogP contribution in [0.3, 0.4) is 0 Å². The minimum atomic E-state index is -2.35. The first kappa shape index (κ1) is 14.9. The highest BCUT2D eigenvalue weighted by Crippen LogP contribution is 2.29. The van der Waals surface area contributed by atoms with Gasteiger partial charge in [0, 0.05) is 0 Å². The number of benzene rings is 1. The maximum absolute atomic E-state index is 13.1. The summed E-state index contributed by atoms with van der Waals surface area (Å²) in [5.74, 6) is -12.3. The summed E-state index contributed by atoms with van der Waals surface area (Å²) in [5.41, 5.74) is 0. The number of hydrogen-bond donors (Lipinski definition) is 0. The van der Waals surface area contributed by atoms with E-state index in [2.05, 4.69) is 9.47 Å². The van der Waals surface area contributed by atoms with Gasteiger partial charge in [-0.05, 0) is 0 Å². The second-order valence-corrected chi connectivity index (χ2v) is 3.07. The summed E-state index contributed by atoms with van der Waals surface area (Å²) in [4.78, 5) is 11.0. The molecule has 0 unspecified atom stereocenters. The Kier molecular flexibility index (Phi) is 4.83. The van der Waals surface area contributed by atoms with Gasteiger partial charge in [-0.2, -0.15) is 8.78 Å². The molecule has 0 bridgehead atoms. The summed E-state index contributed by atoms with van der Waals surface area (Å²) in [6.07, 6.45) is 4.78. The number of halogens is 5. The summed E-state index contributed by atoms with van der Waals surface area (Å²) in [5, 5.41) is 0. The predicted octanol–water partition coefficient (Wildman–Crippen LogP) is 1.94. The van der Waals surface area contributed by atoms with Crippen molar-refractivity contribution in [1.82, 2.24) is 0 Å². The van der Waals surface area contributed by atoms with Crippen LogP contribution in [0.15, 0.2) is 0 Å². The van der Waals surface area contributed by atoms with Gasteiger partial charge in [-0.25, -0.2) is 18.0 Å². The zero-order chi connectivity index (χ0) is 14.6. The fourth-order valence-electron chi connectivity index (χ4n) is 1.01. The van der Waals surface area contributed by atoms with Crippen molar-refractivity contribution in [1.29, 1.82) is 0 Å². The average molecular weight is 280 g/mol. The van der Waals surface area contributed by atoms with Crippen molar-refractivity contribution in [3.8, 4) is 18.1 Å². The first-order chi connectivity index (χ1) is 8.90. The number of esters is 1. The van der Waals surface area contributed by atoms with Gasteiger partial charge in [0.2, 0.25) is 34.8 Å². The van der Waals surface area contributed by atoms with Gasteiger partial charge in [0.15, 0.2) is 0 Å². The van der Waals surface area contributed by atoms with Crippen molar-refractivity contribution in [2.75, 3.05) is 13.2 Å². The molecule has 0 saturated carbocycles. The van der Waals surface area contributed by atoms with Gasteiger partial charge < -0.3 is 9.47 Å². The van der Waals surface area contributed by atoms with Gasteiger partial charge in [-0.3, -0.25) is 0 Å². The average Bonchev–Trinajstić information content (AvgIpc) is 2.39. The summed E-state index contributed by atoms with van der Waals surface area (Å²) >= 11 is 0. The molecule has 0 aliphatic heterocycles. The lowest BCUT2D eigenvalue weighted by molar-refractivity contribution is -0.139. The van der Waals surface area contributed by atoms with Crippen LogP contribution in [0.25, 0.3) is 0 Å². The molecule has 0 amide bonds. The zero-order valence-corrected chi connectivity index (χ0v) is 9.11. The Labute approximate surface area is 103 Å². The summed E-state index contributed by atoms with van der Waals surface area (Å²) in [6, 6.07) is 0. The molecule has 102 valence electrons. The molecule has 0 heterocycles. The van der Waals surface area contributed by atoms with Crippen LogP contribution in [-0.2, 0) is 9.53 Å². The van der Waals surface area contributed by atoms with Gasteiger partial charge >= 0.3 is 5.97 Å². The van der Waals surface area contributed by atoms with Gasteiger partial charge in [0.1, 0.15) is 13.2 Å². The Bertz CT molecular complexity index is 521. The van der Waals surface area contributed by atoms with Crippen LogP contribution in [0.5, 0.6) is 5.75 Å². The lowest BCUT2D eigenvalue weighted by atomic mass is 10.2. The fraction of sp³-hybridized carbons (Fsp3) is 0.182. The van der Waals surface area contributed by atoms with Crippen LogP contribution in [-0.4, -0.2) is 19.2 Å². The van der Waals surface area contributed by atoms with Crippen LogP contribution in [0.1, 0.15) is 0 Å². The summed E-state index contributed by atoms with van der Waals surface area (Å²) < 4.78 is 72.8. The van der Waals surface area contributed by atoms with E-state index in [0.29, 0.717) is 0 Å². The van der Waals surface area contributed by atoms with E-state index in [-0.39, 0.29) is 6.61 Å². The molecule has 0 aromatic heterocycles. The molecular formula is C11H5F5O3. The van der Waals surface area contributed by atoms with E-state index in [0.717, 1.165) is 0 Å². The van der Waals surface area contributed by atoms with Crippen LogP contribution >= 0.6 is 0 Å². The third-order valence-corrected chi connectivity index (χ3v) is 1.79. The SMILES string of the molecule is C#CCOCC(=O)Oc1c(F)c(F)c(F)c(F)c1F. The van der Waals surface area contributed by atoms with E-state index in [1.807, 2.05) is 5.92 Å². The molecule has 0 fully saturated rings. The van der Waals surface area contributed by atoms with Gasteiger partial charge in [-0.1, -0.05) is 5.92 Å². The molecule has 3 nitrogen and oxygen atoms in total. The number of hydrogen-bond acceptors (Lipinski definition) is 3. The molecule has 1 aromatic rings. The van der Waals surface area contributed by atoms with Crippen LogP contribution in [0.2, 0.25) is 0 Å². The Balaban J connectivity index is 2.96. The molecule has 0 saturated heterocycles. The third kappa shape index (κ3) is 3.20. The number of terminal acetylenes is 1. The number of rotatable bonds is 4. The van der Waals surface area contributed by atoms with Crippen molar-refractivity contribution >= 4 is 5.97 Å². The molecule has 0 radical (unpaired) electrons. The Morgan fingerprint density at radius 3 is 1.95 bits per heavy atom. The highest BCUT2D eigenvalue weighted by molar-refractivity contribution is 5.73. The monoisotopic (exact) mass is 280 g/mol. The Morgan fingerprint density at radius 2 is 1.47 bits per heavy atom. The predicted molar refractivity (Wildman–Crippen MR) is 51.5 cm³/mol. The van der Waals surface area contributed by atoms with Crippen LogP contribution in [0, 0.1) is 41.4 Å². The molecule has 0 N–H and O–H groups in total. The molecule has 19 heavy (non-hydrogen) atoms. The van der Waals surface area contributed by atoms with Crippen molar-refractivity contribution in [3.05, 3.63) is 29.1 Å². The summed E-state index contributed by atoms with van der Waals surface area (Å²) in [6.45, 7) is -1.09. The van der Waals surface area contributed by atoms with Crippen LogP contribution < -0.4 is 4.74 Å². The lowest BCUT2D eigenvalue weighted by Crippen LogP contribution is -2.18. The largest absolute Gasteiger partial charge is 0.418 e. The fourth-order valence-corrected chi connectivity index (χ4v) is 1.01. The second kappa shape index (κ2) is 6.15. The van der Waals surface area contributed by atoms with E-state index < -0.39 is 47.4 Å². The van der Waals surface area contributed by atoms with Crippen molar-refractivity contribution in [3.63, 3.8) is 0 Å². The zero-order valence-electron chi connectivity index (χ0n) is 9.11. The smallest absolute Gasteiger partial charge is 0.337 e. The highest BCUT2D eigenvalue weighted by atomic mass is 19.2. The first-order valence-electron chi connectivity index (χ1n) is 4.63. The number of carbonyl (C=O) groups excluding carboxylic acids is 1. The molecule has 0 aliphatic carbocycles.